The van der Waals surface area contributed by atoms with Crippen LogP contribution in [0.15, 0.2) is 24.3 Å². The third-order valence-electron chi connectivity index (χ3n) is 6.23. The summed E-state index contributed by atoms with van der Waals surface area (Å²) in [5.41, 5.74) is 0.357. The second-order valence-corrected chi connectivity index (χ2v) is 8.32. The van der Waals surface area contributed by atoms with E-state index >= 15 is 0 Å². The maximum absolute atomic E-state index is 13.1. The summed E-state index contributed by atoms with van der Waals surface area (Å²) in [5, 5.41) is 3.00. The maximum Gasteiger partial charge on any atom is 0.329 e. The van der Waals surface area contributed by atoms with Gasteiger partial charge in [0.1, 0.15) is 17.9 Å². The van der Waals surface area contributed by atoms with E-state index in [1.165, 1.54) is 21.9 Å². The summed E-state index contributed by atoms with van der Waals surface area (Å²) in [7, 11) is 0. The average molecular weight is 360 g/mol. The number of imide groups is 1. The molecule has 1 aromatic carbocycles. The Morgan fingerprint density at radius 1 is 1.15 bits per heavy atom. The quantitative estimate of drug-likeness (QED) is 0.787. The Hall–Kier alpha value is -1.95. The number of benzene rings is 1. The van der Waals surface area contributed by atoms with Gasteiger partial charge in [-0.25, -0.2) is 14.1 Å². The molecule has 0 bridgehead atoms. The SMILES string of the molecule is CC1CCC2(CC1)NC(=O)N(C[NH+](Cc1ccc(F)cc1)C1CC1)C2=O. The molecule has 4 rings (SSSR count). The zero-order chi connectivity index (χ0) is 18.3. The first kappa shape index (κ1) is 17.5. The summed E-state index contributed by atoms with van der Waals surface area (Å²) in [6, 6.07) is 6.73. The number of carbonyl (C=O) groups is 2. The van der Waals surface area contributed by atoms with Crippen molar-refractivity contribution in [2.75, 3.05) is 6.67 Å². The summed E-state index contributed by atoms with van der Waals surface area (Å²) in [6.45, 7) is 3.30. The number of nitrogens with one attached hydrogen (secondary N) is 2. The van der Waals surface area contributed by atoms with Crippen molar-refractivity contribution >= 4 is 11.9 Å². The van der Waals surface area contributed by atoms with E-state index in [2.05, 4.69) is 12.2 Å². The monoisotopic (exact) mass is 360 g/mol. The Labute approximate surface area is 153 Å². The van der Waals surface area contributed by atoms with Gasteiger partial charge in [0.15, 0.2) is 6.67 Å². The molecule has 3 aliphatic rings. The van der Waals surface area contributed by atoms with Crippen molar-refractivity contribution in [3.8, 4) is 0 Å². The number of amides is 3. The molecular formula is C20H27FN3O2+. The molecule has 0 aromatic heterocycles. The smallest absolute Gasteiger partial charge is 0.323 e. The number of quaternary nitrogens is 1. The highest BCUT2D eigenvalue weighted by atomic mass is 19.1. The number of hydrogen-bond acceptors (Lipinski definition) is 2. The van der Waals surface area contributed by atoms with Crippen LogP contribution in [-0.2, 0) is 11.3 Å². The molecule has 2 N–H and O–H groups in total. The van der Waals surface area contributed by atoms with Crippen LogP contribution in [0.25, 0.3) is 0 Å². The molecule has 26 heavy (non-hydrogen) atoms. The highest BCUT2D eigenvalue weighted by molar-refractivity contribution is 6.06. The number of halogens is 1. The molecule has 1 spiro atoms. The van der Waals surface area contributed by atoms with Gasteiger partial charge < -0.3 is 10.2 Å². The molecule has 2 aliphatic carbocycles. The molecule has 6 heteroatoms. The third-order valence-corrected chi connectivity index (χ3v) is 6.23. The lowest BCUT2D eigenvalue weighted by Crippen LogP contribution is -3.13. The van der Waals surface area contributed by atoms with Gasteiger partial charge in [-0.3, -0.25) is 4.79 Å². The first-order valence-electron chi connectivity index (χ1n) is 9.70. The second-order valence-electron chi connectivity index (χ2n) is 8.32. The number of urea groups is 1. The van der Waals surface area contributed by atoms with Crippen molar-refractivity contribution in [3.63, 3.8) is 0 Å². The topological polar surface area (TPSA) is 53.9 Å². The van der Waals surface area contributed by atoms with Crippen molar-refractivity contribution in [1.82, 2.24) is 10.2 Å². The van der Waals surface area contributed by atoms with Gasteiger partial charge in [-0.15, -0.1) is 0 Å². The van der Waals surface area contributed by atoms with Crippen LogP contribution in [0.5, 0.6) is 0 Å². The molecule has 1 atom stereocenters. The first-order valence-corrected chi connectivity index (χ1v) is 9.70. The minimum atomic E-state index is -0.672. The van der Waals surface area contributed by atoms with Crippen molar-refractivity contribution < 1.29 is 18.9 Å². The second kappa shape index (κ2) is 6.65. The highest BCUT2D eigenvalue weighted by Crippen LogP contribution is 2.36. The van der Waals surface area contributed by atoms with Gasteiger partial charge >= 0.3 is 6.03 Å². The lowest BCUT2D eigenvalue weighted by atomic mass is 9.77. The van der Waals surface area contributed by atoms with E-state index in [9.17, 15) is 14.0 Å². The lowest BCUT2D eigenvalue weighted by Gasteiger charge is -2.33. The standard InChI is InChI=1S/C20H26FN3O2/c1-14-8-10-20(11-9-14)18(25)24(19(26)22-20)13-23(17-6-7-17)12-15-2-4-16(21)5-3-15/h2-5,14,17H,6-13H2,1H3,(H,22,26)/p+1. The minimum Gasteiger partial charge on any atom is -0.323 e. The van der Waals surface area contributed by atoms with E-state index in [1.807, 2.05) is 0 Å². The Morgan fingerprint density at radius 2 is 1.81 bits per heavy atom. The normalized spacial score (nSPS) is 29.9. The fourth-order valence-electron chi connectivity index (χ4n) is 4.30. The molecule has 0 radical (unpaired) electrons. The van der Waals surface area contributed by atoms with E-state index in [4.69, 9.17) is 0 Å². The molecular weight excluding hydrogens is 333 g/mol. The van der Waals surface area contributed by atoms with Gasteiger partial charge in [0.05, 0.1) is 6.04 Å². The third kappa shape index (κ3) is 3.34. The number of rotatable bonds is 5. The molecule has 140 valence electrons. The van der Waals surface area contributed by atoms with Gasteiger partial charge in [-0.2, -0.15) is 0 Å². The highest BCUT2D eigenvalue weighted by Gasteiger charge is 2.53. The van der Waals surface area contributed by atoms with E-state index in [0.717, 1.165) is 44.1 Å². The van der Waals surface area contributed by atoms with Gasteiger partial charge in [-0.1, -0.05) is 19.1 Å². The summed E-state index contributed by atoms with van der Waals surface area (Å²) in [6.07, 6.45) is 5.67. The van der Waals surface area contributed by atoms with Crippen molar-refractivity contribution in [2.24, 2.45) is 5.92 Å². The van der Waals surface area contributed by atoms with Crippen LogP contribution in [0.1, 0.15) is 51.0 Å². The molecule has 1 saturated heterocycles. The van der Waals surface area contributed by atoms with Crippen LogP contribution in [0.4, 0.5) is 9.18 Å². The van der Waals surface area contributed by atoms with Gasteiger partial charge in [0.25, 0.3) is 5.91 Å². The minimum absolute atomic E-state index is 0.0494. The largest absolute Gasteiger partial charge is 0.329 e. The number of carbonyl (C=O) groups excluding carboxylic acids is 2. The average Bonchev–Trinajstić information content (AvgIpc) is 3.43. The molecule has 3 amide bonds. The van der Waals surface area contributed by atoms with Crippen molar-refractivity contribution in [1.29, 1.82) is 0 Å². The van der Waals surface area contributed by atoms with Gasteiger partial charge in [0.2, 0.25) is 0 Å². The van der Waals surface area contributed by atoms with E-state index in [1.54, 1.807) is 12.1 Å². The van der Waals surface area contributed by atoms with Gasteiger partial charge in [0, 0.05) is 18.4 Å². The Bertz CT molecular complexity index is 694. The Morgan fingerprint density at radius 3 is 2.42 bits per heavy atom. The van der Waals surface area contributed by atoms with E-state index in [-0.39, 0.29) is 17.8 Å². The maximum atomic E-state index is 13.1. The molecule has 2 saturated carbocycles. The predicted molar refractivity (Wildman–Crippen MR) is 94.7 cm³/mol. The molecule has 1 unspecified atom stereocenters. The van der Waals surface area contributed by atoms with Crippen LogP contribution in [0, 0.1) is 11.7 Å². The van der Waals surface area contributed by atoms with E-state index in [0.29, 0.717) is 25.2 Å². The lowest BCUT2D eigenvalue weighted by molar-refractivity contribution is -0.931. The van der Waals surface area contributed by atoms with E-state index < -0.39 is 5.54 Å². The summed E-state index contributed by atoms with van der Waals surface area (Å²) >= 11 is 0. The fraction of sp³-hybridized carbons (Fsp3) is 0.600. The van der Waals surface area contributed by atoms with Crippen LogP contribution in [-0.4, -0.2) is 35.1 Å². The summed E-state index contributed by atoms with van der Waals surface area (Å²) < 4.78 is 13.1. The Kier molecular flexibility index (Phi) is 4.47. The Balaban J connectivity index is 1.46. The molecule has 1 aromatic rings. The molecule has 3 fully saturated rings. The number of hydrogen-bond donors (Lipinski definition) is 2. The summed E-state index contributed by atoms with van der Waals surface area (Å²) in [4.78, 5) is 28.2. The van der Waals surface area contributed by atoms with Crippen LogP contribution in [0.3, 0.4) is 0 Å². The number of nitrogens with zero attached hydrogens (tertiary/aromatic N) is 1. The molecule has 5 nitrogen and oxygen atoms in total. The van der Waals surface area contributed by atoms with Crippen molar-refractivity contribution in [2.45, 2.75) is 63.6 Å². The van der Waals surface area contributed by atoms with Crippen LogP contribution in [0.2, 0.25) is 0 Å². The fourth-order valence-corrected chi connectivity index (χ4v) is 4.30. The first-order chi connectivity index (χ1) is 12.5. The summed E-state index contributed by atoms with van der Waals surface area (Å²) in [5.74, 6) is 0.322. The predicted octanol–water partition coefficient (Wildman–Crippen LogP) is 1.83. The molecule has 1 aliphatic heterocycles. The zero-order valence-electron chi connectivity index (χ0n) is 15.3. The van der Waals surface area contributed by atoms with Crippen molar-refractivity contribution in [3.05, 3.63) is 35.6 Å². The van der Waals surface area contributed by atoms with Crippen LogP contribution < -0.4 is 10.2 Å². The van der Waals surface area contributed by atoms with Gasteiger partial charge in [-0.05, 0) is 43.7 Å². The van der Waals surface area contributed by atoms with Crippen LogP contribution >= 0.6 is 0 Å². The zero-order valence-corrected chi connectivity index (χ0v) is 15.3. The molecule has 1 heterocycles.